The van der Waals surface area contributed by atoms with E-state index in [1.54, 1.807) is 13.0 Å². The zero-order valence-electron chi connectivity index (χ0n) is 15.4. The molecule has 0 bridgehead atoms. The van der Waals surface area contributed by atoms with Crippen molar-refractivity contribution in [1.82, 2.24) is 0 Å². The number of hydrogen-bond donors (Lipinski definition) is 0. The Morgan fingerprint density at radius 3 is 2.22 bits per heavy atom. The lowest BCUT2D eigenvalue weighted by Gasteiger charge is -2.10. The molecule has 0 aliphatic heterocycles. The first-order valence-electron chi connectivity index (χ1n) is 7.90. The van der Waals surface area contributed by atoms with E-state index in [0.717, 1.165) is 6.26 Å². The van der Waals surface area contributed by atoms with Crippen molar-refractivity contribution >= 4 is 21.6 Å². The Hall–Kier alpha value is -2.87. The molecule has 2 aromatic rings. The number of aryl methyl sites for hydroxylation is 1. The number of carbonyl (C=O) groups excluding carboxylic acids is 2. The summed E-state index contributed by atoms with van der Waals surface area (Å²) >= 11 is 0. The van der Waals surface area contributed by atoms with Crippen molar-refractivity contribution < 1.29 is 32.2 Å². The lowest BCUT2D eigenvalue weighted by Crippen LogP contribution is -2.15. The molecule has 0 spiro atoms. The molecule has 0 saturated carbocycles. The van der Waals surface area contributed by atoms with E-state index < -0.39 is 28.2 Å². The summed E-state index contributed by atoms with van der Waals surface area (Å²) in [6, 6.07) is 8.78. The average molecular weight is 392 g/mol. The number of methoxy groups -OCH3 is 2. The van der Waals surface area contributed by atoms with Gasteiger partial charge in [-0.15, -0.1) is 0 Å². The van der Waals surface area contributed by atoms with Crippen molar-refractivity contribution in [3.63, 3.8) is 0 Å². The van der Waals surface area contributed by atoms with Gasteiger partial charge >= 0.3 is 5.97 Å². The highest BCUT2D eigenvalue weighted by Crippen LogP contribution is 2.27. The standard InChI is InChI=1S/C19H20O7S/c1-12-5-7-14(27(4,22)23)10-15(12)19(21)26-11-16(20)13-6-8-17(24-2)18(9-13)25-3/h5-10H,11H2,1-4H3. The summed E-state index contributed by atoms with van der Waals surface area (Å²) < 4.78 is 38.6. The topological polar surface area (TPSA) is 96.0 Å². The highest BCUT2D eigenvalue weighted by molar-refractivity contribution is 7.90. The van der Waals surface area contributed by atoms with Crippen LogP contribution in [0, 0.1) is 6.92 Å². The summed E-state index contributed by atoms with van der Waals surface area (Å²) in [4.78, 5) is 24.6. The first-order chi connectivity index (χ1) is 12.7. The van der Waals surface area contributed by atoms with Crippen LogP contribution in [0.3, 0.4) is 0 Å². The van der Waals surface area contributed by atoms with Crippen molar-refractivity contribution in [2.75, 3.05) is 27.1 Å². The van der Waals surface area contributed by atoms with Crippen LogP contribution in [0.25, 0.3) is 0 Å². The van der Waals surface area contributed by atoms with Crippen LogP contribution >= 0.6 is 0 Å². The van der Waals surface area contributed by atoms with Crippen LogP contribution in [0.15, 0.2) is 41.3 Å². The van der Waals surface area contributed by atoms with Crippen molar-refractivity contribution in [2.45, 2.75) is 11.8 Å². The molecular weight excluding hydrogens is 372 g/mol. The highest BCUT2D eigenvalue weighted by Gasteiger charge is 2.18. The minimum Gasteiger partial charge on any atom is -0.493 e. The number of hydrogen-bond acceptors (Lipinski definition) is 7. The van der Waals surface area contributed by atoms with Gasteiger partial charge < -0.3 is 14.2 Å². The van der Waals surface area contributed by atoms with Gasteiger partial charge in [0.05, 0.1) is 24.7 Å². The van der Waals surface area contributed by atoms with E-state index in [-0.39, 0.29) is 10.5 Å². The van der Waals surface area contributed by atoms with Crippen LogP contribution in [-0.4, -0.2) is 47.3 Å². The van der Waals surface area contributed by atoms with Gasteiger partial charge in [0.15, 0.2) is 33.7 Å². The maximum atomic E-state index is 12.3. The normalized spacial score (nSPS) is 11.0. The molecule has 0 heterocycles. The predicted molar refractivity (Wildman–Crippen MR) is 98.4 cm³/mol. The molecule has 0 fully saturated rings. The van der Waals surface area contributed by atoms with E-state index in [1.165, 1.54) is 44.6 Å². The van der Waals surface area contributed by atoms with Crippen molar-refractivity contribution in [2.24, 2.45) is 0 Å². The fraction of sp³-hybridized carbons (Fsp3) is 0.263. The van der Waals surface area contributed by atoms with Crippen LogP contribution in [0.1, 0.15) is 26.3 Å². The van der Waals surface area contributed by atoms with Crippen molar-refractivity contribution in [3.8, 4) is 11.5 Å². The number of rotatable bonds is 7. The quantitative estimate of drug-likeness (QED) is 0.527. The first kappa shape index (κ1) is 20.4. The van der Waals surface area contributed by atoms with Gasteiger partial charge in [-0.25, -0.2) is 13.2 Å². The Labute approximate surface area is 157 Å². The molecule has 2 rings (SSSR count). The molecule has 0 amide bonds. The Kier molecular flexibility index (Phi) is 6.22. The molecule has 0 aliphatic carbocycles. The summed E-state index contributed by atoms with van der Waals surface area (Å²) in [6.07, 6.45) is 1.05. The summed E-state index contributed by atoms with van der Waals surface area (Å²) in [5, 5.41) is 0. The molecule has 0 aliphatic rings. The third-order valence-electron chi connectivity index (χ3n) is 3.90. The molecule has 0 N–H and O–H groups in total. The summed E-state index contributed by atoms with van der Waals surface area (Å²) in [5.41, 5.74) is 0.936. The number of ketones is 1. The van der Waals surface area contributed by atoms with Gasteiger partial charge in [-0.2, -0.15) is 0 Å². The molecule has 0 atom stereocenters. The number of sulfone groups is 1. The zero-order chi connectivity index (χ0) is 20.2. The first-order valence-corrected chi connectivity index (χ1v) is 9.79. The lowest BCUT2D eigenvalue weighted by atomic mass is 10.1. The van der Waals surface area contributed by atoms with Crippen LogP contribution in [0.4, 0.5) is 0 Å². The van der Waals surface area contributed by atoms with E-state index in [1.807, 2.05) is 0 Å². The molecule has 2 aromatic carbocycles. The van der Waals surface area contributed by atoms with Gasteiger partial charge in [-0.05, 0) is 42.8 Å². The van der Waals surface area contributed by atoms with Crippen LogP contribution in [0.5, 0.6) is 11.5 Å². The number of ether oxygens (including phenoxy) is 3. The average Bonchev–Trinajstić information content (AvgIpc) is 2.64. The van der Waals surface area contributed by atoms with E-state index >= 15 is 0 Å². The smallest absolute Gasteiger partial charge is 0.338 e. The van der Waals surface area contributed by atoms with Gasteiger partial charge in [0.1, 0.15) is 0 Å². The molecule has 0 aromatic heterocycles. The fourth-order valence-electron chi connectivity index (χ4n) is 2.35. The monoisotopic (exact) mass is 392 g/mol. The van der Waals surface area contributed by atoms with Gasteiger partial charge in [0.25, 0.3) is 0 Å². The Balaban J connectivity index is 2.15. The highest BCUT2D eigenvalue weighted by atomic mass is 32.2. The summed E-state index contributed by atoms with van der Waals surface area (Å²) in [7, 11) is -0.536. The molecular formula is C19H20O7S. The number of benzene rings is 2. The van der Waals surface area contributed by atoms with Crippen molar-refractivity contribution in [1.29, 1.82) is 0 Å². The Bertz CT molecular complexity index is 978. The van der Waals surface area contributed by atoms with Crippen LogP contribution < -0.4 is 9.47 Å². The Morgan fingerprint density at radius 1 is 0.963 bits per heavy atom. The molecule has 0 saturated heterocycles. The second kappa shape index (κ2) is 8.22. The van der Waals surface area contributed by atoms with E-state index in [9.17, 15) is 18.0 Å². The molecule has 7 nitrogen and oxygen atoms in total. The second-order valence-corrected chi connectivity index (χ2v) is 7.83. The molecule has 0 unspecified atom stereocenters. The van der Waals surface area contributed by atoms with Crippen LogP contribution in [0.2, 0.25) is 0 Å². The van der Waals surface area contributed by atoms with E-state index in [0.29, 0.717) is 22.6 Å². The van der Waals surface area contributed by atoms with E-state index in [4.69, 9.17) is 14.2 Å². The maximum absolute atomic E-state index is 12.3. The third-order valence-corrected chi connectivity index (χ3v) is 5.01. The number of Topliss-reactive ketones (excluding diaryl/α,β-unsaturated/α-hetero) is 1. The molecule has 0 radical (unpaired) electrons. The molecule has 144 valence electrons. The lowest BCUT2D eigenvalue weighted by molar-refractivity contribution is 0.0473. The SMILES string of the molecule is COc1ccc(C(=O)COC(=O)c2cc(S(C)(=O)=O)ccc2C)cc1OC. The summed E-state index contributed by atoms with van der Waals surface area (Å²) in [5.74, 6) is -0.348. The van der Waals surface area contributed by atoms with Gasteiger partial charge in [0, 0.05) is 11.8 Å². The zero-order valence-corrected chi connectivity index (χ0v) is 16.3. The number of carbonyl (C=O) groups is 2. The van der Waals surface area contributed by atoms with Gasteiger partial charge in [0.2, 0.25) is 0 Å². The molecule has 27 heavy (non-hydrogen) atoms. The maximum Gasteiger partial charge on any atom is 0.338 e. The van der Waals surface area contributed by atoms with Crippen LogP contribution in [-0.2, 0) is 14.6 Å². The Morgan fingerprint density at radius 2 is 1.63 bits per heavy atom. The minimum atomic E-state index is -3.46. The number of esters is 1. The van der Waals surface area contributed by atoms with Crippen molar-refractivity contribution in [3.05, 3.63) is 53.1 Å². The van der Waals surface area contributed by atoms with E-state index in [2.05, 4.69) is 0 Å². The summed E-state index contributed by atoms with van der Waals surface area (Å²) in [6.45, 7) is 1.16. The predicted octanol–water partition coefficient (Wildman–Crippen LogP) is 2.46. The molecule has 8 heteroatoms. The third kappa shape index (κ3) is 4.85. The fourth-order valence-corrected chi connectivity index (χ4v) is 3.00. The second-order valence-electron chi connectivity index (χ2n) is 5.82. The largest absolute Gasteiger partial charge is 0.493 e. The van der Waals surface area contributed by atoms with Gasteiger partial charge in [-0.3, -0.25) is 4.79 Å². The minimum absolute atomic E-state index is 0.00580. The van der Waals surface area contributed by atoms with Gasteiger partial charge in [-0.1, -0.05) is 6.07 Å².